The van der Waals surface area contributed by atoms with Crippen LogP contribution >= 0.6 is 0 Å². The van der Waals surface area contributed by atoms with Gasteiger partial charge in [0.1, 0.15) is 11.3 Å². The zero-order chi connectivity index (χ0) is 20.2. The molecule has 0 bridgehead atoms. The van der Waals surface area contributed by atoms with E-state index in [9.17, 15) is 9.59 Å². The molecule has 29 heavy (non-hydrogen) atoms. The molecule has 148 valence electrons. The summed E-state index contributed by atoms with van der Waals surface area (Å²) < 4.78 is 9.07. The van der Waals surface area contributed by atoms with Crippen molar-refractivity contribution in [1.82, 2.24) is 8.97 Å². The highest BCUT2D eigenvalue weighted by molar-refractivity contribution is 5.90. The van der Waals surface area contributed by atoms with Gasteiger partial charge in [0.25, 0.3) is 5.56 Å². The number of carbonyl (C=O) groups is 1. The number of hydrogen-bond acceptors (Lipinski definition) is 3. The third-order valence-electron chi connectivity index (χ3n) is 4.88. The van der Waals surface area contributed by atoms with Gasteiger partial charge in [-0.2, -0.15) is 0 Å². The quantitative estimate of drug-likeness (QED) is 0.518. The molecule has 4 rings (SSSR count). The summed E-state index contributed by atoms with van der Waals surface area (Å²) in [6.45, 7) is 3.02. The monoisotopic (exact) mass is 389 g/mol. The van der Waals surface area contributed by atoms with Crippen LogP contribution in [0.25, 0.3) is 16.6 Å². The standard InChI is InChI=1S/C23H23N3O3/c1-2-29-18-13-11-17(12-14-18)24-22(27)10-6-16-26-20-8-4-3-7-19(20)25-15-5-9-21(25)23(26)28/h3-5,7-9,11-15H,2,6,10,16H2,1H3,(H,24,27). The fourth-order valence-corrected chi connectivity index (χ4v) is 3.55. The Labute approximate surface area is 168 Å². The third-order valence-corrected chi connectivity index (χ3v) is 4.88. The van der Waals surface area contributed by atoms with E-state index < -0.39 is 0 Å². The van der Waals surface area contributed by atoms with Crippen molar-refractivity contribution in [3.05, 3.63) is 77.2 Å². The zero-order valence-electron chi connectivity index (χ0n) is 16.3. The number of para-hydroxylation sites is 2. The molecule has 0 radical (unpaired) electrons. The number of aryl methyl sites for hydroxylation is 1. The number of benzene rings is 2. The van der Waals surface area contributed by atoms with E-state index in [2.05, 4.69) is 5.32 Å². The number of ether oxygens (including phenoxy) is 1. The van der Waals surface area contributed by atoms with Gasteiger partial charge in [-0.3, -0.25) is 9.59 Å². The SMILES string of the molecule is CCOc1ccc(NC(=O)CCCn2c(=O)c3cccn3c3ccccc32)cc1. The van der Waals surface area contributed by atoms with Crippen LogP contribution in [0.15, 0.2) is 71.7 Å². The molecule has 0 atom stereocenters. The van der Waals surface area contributed by atoms with Crippen molar-refractivity contribution >= 4 is 28.1 Å². The van der Waals surface area contributed by atoms with Crippen LogP contribution in [0, 0.1) is 0 Å². The summed E-state index contributed by atoms with van der Waals surface area (Å²) >= 11 is 0. The Morgan fingerprint density at radius 1 is 0.966 bits per heavy atom. The molecule has 0 aliphatic heterocycles. The Kier molecular flexibility index (Phi) is 5.33. The van der Waals surface area contributed by atoms with Gasteiger partial charge in [0.2, 0.25) is 5.91 Å². The predicted octanol–water partition coefficient (Wildman–Crippen LogP) is 4.07. The molecule has 0 aliphatic rings. The maximum atomic E-state index is 12.9. The summed E-state index contributed by atoms with van der Waals surface area (Å²) in [5, 5.41) is 2.89. The van der Waals surface area contributed by atoms with Gasteiger partial charge < -0.3 is 19.0 Å². The fraction of sp³-hybridized carbons (Fsp3) is 0.217. The summed E-state index contributed by atoms with van der Waals surface area (Å²) in [6.07, 6.45) is 2.80. The van der Waals surface area contributed by atoms with E-state index in [4.69, 9.17) is 4.74 Å². The van der Waals surface area contributed by atoms with Gasteiger partial charge in [-0.05, 0) is 61.9 Å². The van der Waals surface area contributed by atoms with E-state index in [1.807, 2.05) is 78.2 Å². The molecular formula is C23H23N3O3. The van der Waals surface area contributed by atoms with Crippen LogP contribution in [0.2, 0.25) is 0 Å². The molecule has 2 aromatic heterocycles. The first-order valence-electron chi connectivity index (χ1n) is 9.78. The van der Waals surface area contributed by atoms with Gasteiger partial charge in [0, 0.05) is 24.8 Å². The highest BCUT2D eigenvalue weighted by Crippen LogP contribution is 2.17. The topological polar surface area (TPSA) is 64.7 Å². The first-order chi connectivity index (χ1) is 14.2. The first-order valence-corrected chi connectivity index (χ1v) is 9.78. The number of nitrogens with zero attached hydrogens (tertiary/aromatic N) is 2. The largest absolute Gasteiger partial charge is 0.494 e. The Bertz CT molecular complexity index is 1210. The second kappa shape index (κ2) is 8.22. The van der Waals surface area contributed by atoms with Crippen LogP contribution in [-0.4, -0.2) is 21.5 Å². The average Bonchev–Trinajstić information content (AvgIpc) is 3.23. The molecule has 0 spiro atoms. The maximum Gasteiger partial charge on any atom is 0.275 e. The molecule has 1 amide bonds. The van der Waals surface area contributed by atoms with Crippen molar-refractivity contribution in [2.75, 3.05) is 11.9 Å². The number of carbonyl (C=O) groups excluding carboxylic acids is 1. The number of fused-ring (bicyclic) bond motifs is 3. The van der Waals surface area contributed by atoms with Crippen molar-refractivity contribution in [2.45, 2.75) is 26.3 Å². The number of amides is 1. The Morgan fingerprint density at radius 2 is 1.69 bits per heavy atom. The second-order valence-electron chi connectivity index (χ2n) is 6.82. The van der Waals surface area contributed by atoms with Crippen LogP contribution < -0.4 is 15.6 Å². The lowest BCUT2D eigenvalue weighted by molar-refractivity contribution is -0.116. The van der Waals surface area contributed by atoms with E-state index in [0.717, 1.165) is 22.5 Å². The molecule has 2 aromatic carbocycles. The number of aromatic nitrogens is 2. The summed E-state index contributed by atoms with van der Waals surface area (Å²) in [4.78, 5) is 25.2. The molecular weight excluding hydrogens is 366 g/mol. The lowest BCUT2D eigenvalue weighted by Crippen LogP contribution is -2.23. The highest BCUT2D eigenvalue weighted by atomic mass is 16.5. The van der Waals surface area contributed by atoms with Crippen molar-refractivity contribution in [3.63, 3.8) is 0 Å². The molecule has 1 N–H and O–H groups in total. The first kappa shape index (κ1) is 18.8. The van der Waals surface area contributed by atoms with E-state index >= 15 is 0 Å². The molecule has 6 heteroatoms. The third kappa shape index (κ3) is 3.87. The van der Waals surface area contributed by atoms with Gasteiger partial charge in [0.15, 0.2) is 0 Å². The molecule has 0 fully saturated rings. The fourth-order valence-electron chi connectivity index (χ4n) is 3.55. The Balaban J connectivity index is 1.45. The number of hydrogen-bond donors (Lipinski definition) is 1. The van der Waals surface area contributed by atoms with Crippen LogP contribution in [0.3, 0.4) is 0 Å². The van der Waals surface area contributed by atoms with Crippen LogP contribution in [0.4, 0.5) is 5.69 Å². The molecule has 0 unspecified atom stereocenters. The van der Waals surface area contributed by atoms with Crippen molar-refractivity contribution in [3.8, 4) is 5.75 Å². The van der Waals surface area contributed by atoms with E-state index in [0.29, 0.717) is 31.5 Å². The summed E-state index contributed by atoms with van der Waals surface area (Å²) in [5.41, 5.74) is 3.18. The normalized spacial score (nSPS) is 11.1. The van der Waals surface area contributed by atoms with E-state index in [1.54, 1.807) is 4.57 Å². The average molecular weight is 389 g/mol. The highest BCUT2D eigenvalue weighted by Gasteiger charge is 2.11. The van der Waals surface area contributed by atoms with Crippen molar-refractivity contribution < 1.29 is 9.53 Å². The van der Waals surface area contributed by atoms with Gasteiger partial charge in [-0.25, -0.2) is 0 Å². The summed E-state index contributed by atoms with van der Waals surface area (Å²) in [5.74, 6) is 0.702. The lowest BCUT2D eigenvalue weighted by Gasteiger charge is -2.12. The van der Waals surface area contributed by atoms with Crippen LogP contribution in [0.5, 0.6) is 5.75 Å². The number of anilines is 1. The second-order valence-corrected chi connectivity index (χ2v) is 6.82. The van der Waals surface area contributed by atoms with Gasteiger partial charge in [-0.15, -0.1) is 0 Å². The minimum Gasteiger partial charge on any atom is -0.494 e. The summed E-state index contributed by atoms with van der Waals surface area (Å²) in [7, 11) is 0. The summed E-state index contributed by atoms with van der Waals surface area (Å²) in [6, 6.07) is 18.8. The van der Waals surface area contributed by atoms with Gasteiger partial charge in [0.05, 0.1) is 17.6 Å². The van der Waals surface area contributed by atoms with Crippen LogP contribution in [0.1, 0.15) is 19.8 Å². The van der Waals surface area contributed by atoms with Crippen molar-refractivity contribution in [2.24, 2.45) is 0 Å². The van der Waals surface area contributed by atoms with Crippen LogP contribution in [-0.2, 0) is 11.3 Å². The van der Waals surface area contributed by atoms with E-state index in [-0.39, 0.29) is 11.5 Å². The van der Waals surface area contributed by atoms with Crippen molar-refractivity contribution in [1.29, 1.82) is 0 Å². The van der Waals surface area contributed by atoms with Gasteiger partial charge >= 0.3 is 0 Å². The number of nitrogens with one attached hydrogen (secondary N) is 1. The smallest absolute Gasteiger partial charge is 0.275 e. The zero-order valence-corrected chi connectivity index (χ0v) is 16.3. The molecule has 6 nitrogen and oxygen atoms in total. The molecule has 0 saturated heterocycles. The van der Waals surface area contributed by atoms with E-state index in [1.165, 1.54) is 0 Å². The Hall–Kier alpha value is -3.54. The Morgan fingerprint density at radius 3 is 2.45 bits per heavy atom. The number of rotatable bonds is 7. The minimum absolute atomic E-state index is 0.0411. The molecule has 2 heterocycles. The molecule has 0 saturated carbocycles. The molecule has 0 aliphatic carbocycles. The lowest BCUT2D eigenvalue weighted by atomic mass is 10.2. The molecule has 4 aromatic rings. The maximum absolute atomic E-state index is 12.9. The minimum atomic E-state index is -0.0738. The van der Waals surface area contributed by atoms with Gasteiger partial charge in [-0.1, -0.05) is 12.1 Å². The predicted molar refractivity (Wildman–Crippen MR) is 115 cm³/mol.